The molecule has 7 N–H and O–H groups in total. The summed E-state index contributed by atoms with van der Waals surface area (Å²) >= 11 is 0. The third-order valence-electron chi connectivity index (χ3n) is 7.52. The van der Waals surface area contributed by atoms with Crippen LogP contribution in [-0.2, 0) is 25.4 Å². The van der Waals surface area contributed by atoms with Crippen molar-refractivity contribution in [3.8, 4) is 11.5 Å². The quantitative estimate of drug-likeness (QED) is 0.161. The summed E-state index contributed by atoms with van der Waals surface area (Å²) in [5.41, 5.74) is 6.83. The Morgan fingerprint density at radius 1 is 1.24 bits per heavy atom. The maximum Gasteiger partial charge on any atom is 0.405 e. The van der Waals surface area contributed by atoms with Crippen molar-refractivity contribution >= 4 is 23.4 Å². The lowest BCUT2D eigenvalue weighted by atomic mass is 9.87. The van der Waals surface area contributed by atoms with E-state index >= 15 is 0 Å². The summed E-state index contributed by atoms with van der Waals surface area (Å²) in [6.45, 7) is 11.3. The normalized spacial score (nSPS) is 29.9. The number of allylic oxidation sites excluding steroid dienone is 1. The number of phenolic OH excluding ortho intramolecular Hbond substituents is 2. The lowest BCUT2D eigenvalue weighted by Crippen LogP contribution is -2.37. The number of anilines is 2. The van der Waals surface area contributed by atoms with E-state index in [1.807, 2.05) is 13.8 Å². The largest absolute Gasteiger partial charge is 0.506 e. The molecule has 7 unspecified atom stereocenters. The van der Waals surface area contributed by atoms with Crippen molar-refractivity contribution in [3.05, 3.63) is 48.1 Å². The van der Waals surface area contributed by atoms with Gasteiger partial charge in [0.05, 0.1) is 23.6 Å². The number of hydrogen-bond donors (Lipinski definition) is 6. The number of benzene rings is 1. The van der Waals surface area contributed by atoms with Crippen LogP contribution in [0.3, 0.4) is 0 Å². The second-order valence-electron chi connectivity index (χ2n) is 11.0. The number of carbonyl (C=O) groups is 2. The zero-order chi connectivity index (χ0) is 31.6. The predicted octanol–water partition coefficient (Wildman–Crippen LogP) is 4.24. The van der Waals surface area contributed by atoms with E-state index in [4.69, 9.17) is 19.9 Å². The Morgan fingerprint density at radius 3 is 2.52 bits per heavy atom. The van der Waals surface area contributed by atoms with Crippen molar-refractivity contribution < 1.29 is 39.1 Å². The zero-order valence-electron chi connectivity index (χ0n) is 25.4. The lowest BCUT2D eigenvalue weighted by Gasteiger charge is -2.29. The van der Waals surface area contributed by atoms with Crippen molar-refractivity contribution in [1.29, 1.82) is 0 Å². The molecule has 1 aliphatic heterocycles. The first kappa shape index (κ1) is 34.7. The summed E-state index contributed by atoms with van der Waals surface area (Å²) in [5.74, 6) is -1.72. The SMILES string of the molecule is C=CCNc1c(O)cc2c(O)c1CC(C)CC(OC)C(O)C(C)/C=C(\C)C(OC(N)=O)C(OC)/C=C\CC(C)C(=O)N2. The van der Waals surface area contributed by atoms with Gasteiger partial charge in [0, 0.05) is 44.2 Å². The average Bonchev–Trinajstić information content (AvgIpc) is 2.94. The standard InChI is InChI=1S/C31H47N3O8/c1-8-12-33-26-21-13-17(2)14-25(41-7)27(36)19(4)15-20(5)29(42-31(32)39)24(40-6)11-9-10-18(3)30(38)34-22(28(21)37)16-23(26)35/h8-9,11,15-19,24-25,27,29,33,35-37H,1,10,12-14H2,2-7H3,(H2,32,39)(H,34,38)/b11-9-,20-15+. The highest BCUT2D eigenvalue weighted by Crippen LogP contribution is 2.42. The van der Waals surface area contributed by atoms with Crippen LogP contribution in [0, 0.1) is 17.8 Å². The number of aromatic hydroxyl groups is 2. The van der Waals surface area contributed by atoms with Gasteiger partial charge in [0.25, 0.3) is 0 Å². The summed E-state index contributed by atoms with van der Waals surface area (Å²) in [4.78, 5) is 24.8. The number of primary amides is 1. The van der Waals surface area contributed by atoms with Gasteiger partial charge in [-0.1, -0.05) is 45.1 Å². The Hall–Kier alpha value is -3.54. The topological polar surface area (TPSA) is 173 Å². The molecule has 234 valence electrons. The van der Waals surface area contributed by atoms with Crippen LogP contribution in [0.15, 0.2) is 42.5 Å². The number of rotatable bonds is 6. The van der Waals surface area contributed by atoms with Crippen molar-refractivity contribution in [1.82, 2.24) is 0 Å². The minimum Gasteiger partial charge on any atom is -0.506 e. The molecular formula is C31H47N3O8. The number of aliphatic hydroxyl groups is 1. The number of nitrogens with one attached hydrogen (secondary N) is 2. The first-order chi connectivity index (χ1) is 19.8. The molecule has 42 heavy (non-hydrogen) atoms. The molecule has 0 aliphatic carbocycles. The van der Waals surface area contributed by atoms with Crippen LogP contribution in [0.1, 0.15) is 46.1 Å². The molecule has 0 saturated heterocycles. The summed E-state index contributed by atoms with van der Waals surface area (Å²) in [6.07, 6.45) is 3.80. The summed E-state index contributed by atoms with van der Waals surface area (Å²) < 4.78 is 16.7. The molecule has 2 amide bonds. The Morgan fingerprint density at radius 2 is 1.93 bits per heavy atom. The van der Waals surface area contributed by atoms with Gasteiger partial charge >= 0.3 is 6.09 Å². The maximum atomic E-state index is 13.1. The van der Waals surface area contributed by atoms with E-state index < -0.39 is 42.3 Å². The summed E-state index contributed by atoms with van der Waals surface area (Å²) in [7, 11) is 2.98. The monoisotopic (exact) mass is 589 g/mol. The second-order valence-corrected chi connectivity index (χ2v) is 11.0. The first-order valence-corrected chi connectivity index (χ1v) is 14.1. The number of methoxy groups -OCH3 is 2. The Bertz CT molecular complexity index is 1150. The third-order valence-corrected chi connectivity index (χ3v) is 7.52. The number of amides is 2. The van der Waals surface area contributed by atoms with E-state index in [9.17, 15) is 24.9 Å². The number of carbonyl (C=O) groups excluding carboxylic acids is 2. The number of nitrogens with two attached hydrogens (primary N) is 1. The molecule has 2 rings (SSSR count). The molecule has 0 spiro atoms. The molecule has 1 aromatic carbocycles. The highest BCUT2D eigenvalue weighted by molar-refractivity contribution is 5.95. The van der Waals surface area contributed by atoms with Crippen LogP contribution in [0.2, 0.25) is 0 Å². The molecule has 2 bridgehead atoms. The van der Waals surface area contributed by atoms with E-state index in [-0.39, 0.29) is 29.0 Å². The zero-order valence-corrected chi connectivity index (χ0v) is 25.4. The number of fused-ring (bicyclic) bond motifs is 2. The third kappa shape index (κ3) is 9.23. The maximum absolute atomic E-state index is 13.1. The van der Waals surface area contributed by atoms with Gasteiger partial charge in [-0.2, -0.15) is 0 Å². The first-order valence-electron chi connectivity index (χ1n) is 14.1. The van der Waals surface area contributed by atoms with Crippen LogP contribution < -0.4 is 16.4 Å². The molecule has 0 fully saturated rings. The highest BCUT2D eigenvalue weighted by atomic mass is 16.6. The summed E-state index contributed by atoms with van der Waals surface area (Å²) in [5, 5.41) is 39.2. The van der Waals surface area contributed by atoms with Crippen LogP contribution >= 0.6 is 0 Å². The average molecular weight is 590 g/mol. The van der Waals surface area contributed by atoms with E-state index in [0.29, 0.717) is 42.6 Å². The molecule has 0 aromatic heterocycles. The molecule has 11 nitrogen and oxygen atoms in total. The number of hydrogen-bond acceptors (Lipinski definition) is 9. The fourth-order valence-electron chi connectivity index (χ4n) is 5.16. The second kappa shape index (κ2) is 16.2. The van der Waals surface area contributed by atoms with Crippen molar-refractivity contribution in [3.63, 3.8) is 0 Å². The van der Waals surface area contributed by atoms with E-state index in [1.165, 1.54) is 20.3 Å². The van der Waals surface area contributed by atoms with Crippen LogP contribution in [0.25, 0.3) is 0 Å². The molecule has 1 heterocycles. The predicted molar refractivity (Wildman–Crippen MR) is 162 cm³/mol. The van der Waals surface area contributed by atoms with E-state index in [0.717, 1.165) is 0 Å². The van der Waals surface area contributed by atoms with Gasteiger partial charge in [-0.25, -0.2) is 4.79 Å². The smallest absolute Gasteiger partial charge is 0.405 e. The fourth-order valence-corrected chi connectivity index (χ4v) is 5.16. The van der Waals surface area contributed by atoms with Crippen molar-refractivity contribution in [2.24, 2.45) is 23.5 Å². The fraction of sp³-hybridized carbons (Fsp3) is 0.548. The van der Waals surface area contributed by atoms with E-state index in [2.05, 4.69) is 17.2 Å². The van der Waals surface area contributed by atoms with Gasteiger partial charge in [-0.05, 0) is 37.7 Å². The minimum absolute atomic E-state index is 0.0825. The van der Waals surface area contributed by atoms with Crippen molar-refractivity contribution in [2.75, 3.05) is 31.4 Å². The minimum atomic E-state index is -0.974. The lowest BCUT2D eigenvalue weighted by molar-refractivity contribution is -0.119. The highest BCUT2D eigenvalue weighted by Gasteiger charge is 2.30. The van der Waals surface area contributed by atoms with Gasteiger partial charge in [-0.3, -0.25) is 4.79 Å². The van der Waals surface area contributed by atoms with Gasteiger partial charge in [-0.15, -0.1) is 6.58 Å². The van der Waals surface area contributed by atoms with Crippen LogP contribution in [-0.4, -0.2) is 72.5 Å². The molecule has 11 heteroatoms. The van der Waals surface area contributed by atoms with Gasteiger partial charge in [0.1, 0.15) is 17.6 Å². The Kier molecular flexibility index (Phi) is 13.4. The number of ether oxygens (including phenoxy) is 3. The Balaban J connectivity index is 2.61. The van der Waals surface area contributed by atoms with E-state index in [1.54, 1.807) is 38.2 Å². The molecule has 0 radical (unpaired) electrons. The van der Waals surface area contributed by atoms with Gasteiger partial charge in [0.2, 0.25) is 5.91 Å². The molecule has 1 aromatic rings. The molecular weight excluding hydrogens is 542 g/mol. The van der Waals surface area contributed by atoms with Crippen LogP contribution in [0.4, 0.5) is 16.2 Å². The number of phenols is 2. The van der Waals surface area contributed by atoms with Gasteiger partial charge in [0.15, 0.2) is 6.10 Å². The molecule has 1 aliphatic rings. The van der Waals surface area contributed by atoms with Crippen molar-refractivity contribution in [2.45, 2.75) is 71.4 Å². The summed E-state index contributed by atoms with van der Waals surface area (Å²) in [6, 6.07) is 1.31. The molecule has 7 atom stereocenters. The number of aliphatic hydroxyl groups excluding tert-OH is 1. The molecule has 0 saturated carbocycles. The Labute approximate surface area is 248 Å². The van der Waals surface area contributed by atoms with Gasteiger partial charge < -0.3 is 45.9 Å². The van der Waals surface area contributed by atoms with Crippen LogP contribution in [0.5, 0.6) is 11.5 Å².